The first-order valence-electron chi connectivity index (χ1n) is 10.8. The van der Waals surface area contributed by atoms with Crippen LogP contribution in [0.5, 0.6) is 0 Å². The highest BCUT2D eigenvalue weighted by atomic mass is 16.2. The maximum absolute atomic E-state index is 12.5. The van der Waals surface area contributed by atoms with Gasteiger partial charge in [0.15, 0.2) is 0 Å². The molecule has 1 atom stereocenters. The van der Waals surface area contributed by atoms with E-state index in [2.05, 4.69) is 34.3 Å². The molecule has 6 nitrogen and oxygen atoms in total. The number of fused-ring (bicyclic) bond motifs is 1. The Labute approximate surface area is 164 Å². The van der Waals surface area contributed by atoms with E-state index in [-0.39, 0.29) is 6.03 Å². The molecule has 1 aliphatic carbocycles. The topological polar surface area (TPSA) is 64.3 Å². The molecule has 0 aromatic carbocycles. The summed E-state index contributed by atoms with van der Waals surface area (Å²) in [4.78, 5) is 16.9. The summed E-state index contributed by atoms with van der Waals surface area (Å²) in [5, 5.41) is 10.7. The first-order valence-corrected chi connectivity index (χ1v) is 10.8. The third kappa shape index (κ3) is 5.47. The lowest BCUT2D eigenvalue weighted by atomic mass is 9.96. The molecule has 2 aliphatic rings. The fourth-order valence-electron chi connectivity index (χ4n) is 4.55. The first-order chi connectivity index (χ1) is 13.0. The zero-order chi connectivity index (χ0) is 19.2. The molecule has 0 unspecified atom stereocenters. The van der Waals surface area contributed by atoms with Crippen molar-refractivity contribution in [3.05, 3.63) is 17.0 Å². The summed E-state index contributed by atoms with van der Waals surface area (Å²) in [7, 11) is 1.87. The number of nitrogens with one attached hydrogen (secondary N) is 2. The zero-order valence-electron chi connectivity index (χ0n) is 17.4. The first kappa shape index (κ1) is 20.2. The number of aromatic amines is 1. The van der Waals surface area contributed by atoms with E-state index in [9.17, 15) is 4.79 Å². The van der Waals surface area contributed by atoms with Crippen molar-refractivity contribution in [3.8, 4) is 0 Å². The number of carbonyl (C=O) groups excluding carboxylic acids is 1. The average Bonchev–Trinajstić information content (AvgIpc) is 3.05. The molecular formula is C21H37N5O. The normalized spacial score (nSPS) is 20.5. The van der Waals surface area contributed by atoms with E-state index in [0.29, 0.717) is 18.5 Å². The lowest BCUT2D eigenvalue weighted by molar-refractivity contribution is 0.124. The Balaban J connectivity index is 1.44. The molecule has 152 valence electrons. The van der Waals surface area contributed by atoms with Crippen molar-refractivity contribution in [3.63, 3.8) is 0 Å². The van der Waals surface area contributed by atoms with Gasteiger partial charge in [0, 0.05) is 31.9 Å². The number of amides is 2. The predicted octanol–water partition coefficient (Wildman–Crippen LogP) is 3.33. The van der Waals surface area contributed by atoms with Crippen LogP contribution in [0.2, 0.25) is 0 Å². The second-order valence-electron chi connectivity index (χ2n) is 8.75. The molecule has 1 aromatic rings. The minimum atomic E-state index is 0.00813. The van der Waals surface area contributed by atoms with E-state index >= 15 is 0 Å². The molecular weight excluding hydrogens is 338 g/mol. The predicted molar refractivity (Wildman–Crippen MR) is 109 cm³/mol. The van der Waals surface area contributed by atoms with Gasteiger partial charge in [-0.15, -0.1) is 0 Å². The Hall–Kier alpha value is -1.56. The molecule has 27 heavy (non-hydrogen) atoms. The monoisotopic (exact) mass is 375 g/mol. The molecule has 2 heterocycles. The average molecular weight is 376 g/mol. The highest BCUT2D eigenvalue weighted by molar-refractivity contribution is 5.73. The van der Waals surface area contributed by atoms with Gasteiger partial charge in [-0.1, -0.05) is 20.3 Å². The fourth-order valence-corrected chi connectivity index (χ4v) is 4.55. The number of aryl methyl sites for hydroxylation is 1. The van der Waals surface area contributed by atoms with Gasteiger partial charge in [0.2, 0.25) is 0 Å². The summed E-state index contributed by atoms with van der Waals surface area (Å²) in [6.45, 7) is 8.29. The van der Waals surface area contributed by atoms with Crippen molar-refractivity contribution in [1.29, 1.82) is 0 Å². The fraction of sp³-hybridized carbons (Fsp3) is 0.810. The number of aromatic nitrogens is 2. The van der Waals surface area contributed by atoms with Gasteiger partial charge in [0.1, 0.15) is 0 Å². The quantitative estimate of drug-likeness (QED) is 0.768. The molecule has 0 radical (unpaired) electrons. The Morgan fingerprint density at radius 3 is 2.93 bits per heavy atom. The summed E-state index contributed by atoms with van der Waals surface area (Å²) < 4.78 is 0. The Morgan fingerprint density at radius 2 is 2.11 bits per heavy atom. The number of carbonyl (C=O) groups is 1. The molecule has 0 spiro atoms. The second kappa shape index (κ2) is 9.58. The Morgan fingerprint density at radius 1 is 1.30 bits per heavy atom. The van der Waals surface area contributed by atoms with Crippen LogP contribution in [0.3, 0.4) is 0 Å². The van der Waals surface area contributed by atoms with E-state index in [0.717, 1.165) is 31.5 Å². The largest absolute Gasteiger partial charge is 0.338 e. The number of urea groups is 1. The molecule has 2 amide bonds. The smallest absolute Gasteiger partial charge is 0.317 e. The summed E-state index contributed by atoms with van der Waals surface area (Å²) in [5.41, 5.74) is 3.65. The molecule has 1 aliphatic heterocycles. The third-order valence-electron chi connectivity index (χ3n) is 5.98. The van der Waals surface area contributed by atoms with Crippen LogP contribution < -0.4 is 5.32 Å². The summed E-state index contributed by atoms with van der Waals surface area (Å²) in [6, 6.07) is 0.624. The van der Waals surface area contributed by atoms with Gasteiger partial charge < -0.3 is 15.1 Å². The number of rotatable bonds is 7. The number of hydrogen-bond donors (Lipinski definition) is 2. The van der Waals surface area contributed by atoms with Crippen LogP contribution >= 0.6 is 0 Å². The molecule has 1 saturated heterocycles. The Kier molecular flexibility index (Phi) is 7.16. The molecule has 6 heteroatoms. The van der Waals surface area contributed by atoms with Crippen LogP contribution in [-0.4, -0.2) is 58.8 Å². The van der Waals surface area contributed by atoms with Crippen LogP contribution in [0.15, 0.2) is 0 Å². The standard InChI is InChI=1S/C21H37N5O/c1-16(2)14-26-13-7-6-8-17(26)11-12-22-21(27)25(3)15-20-18-9-4-5-10-19(18)23-24-20/h16-17H,4-15H2,1-3H3,(H,22,27)(H,23,24)/t17-/m1/s1. The van der Waals surface area contributed by atoms with Crippen LogP contribution in [0.1, 0.15) is 69.3 Å². The van der Waals surface area contributed by atoms with Crippen molar-refractivity contribution in [1.82, 2.24) is 25.3 Å². The minimum Gasteiger partial charge on any atom is -0.338 e. The van der Waals surface area contributed by atoms with Crippen molar-refractivity contribution in [2.45, 2.75) is 77.8 Å². The molecule has 2 N–H and O–H groups in total. The van der Waals surface area contributed by atoms with Gasteiger partial charge in [-0.3, -0.25) is 5.10 Å². The summed E-state index contributed by atoms with van der Waals surface area (Å²) >= 11 is 0. The van der Waals surface area contributed by atoms with E-state index in [1.54, 1.807) is 4.90 Å². The molecule has 1 fully saturated rings. The van der Waals surface area contributed by atoms with E-state index < -0.39 is 0 Å². The van der Waals surface area contributed by atoms with Crippen molar-refractivity contribution in [2.75, 3.05) is 26.7 Å². The van der Waals surface area contributed by atoms with E-state index in [1.165, 1.54) is 56.5 Å². The number of H-pyrrole nitrogens is 1. The molecule has 0 bridgehead atoms. The van der Waals surface area contributed by atoms with Gasteiger partial charge in [-0.2, -0.15) is 5.10 Å². The SMILES string of the molecule is CC(C)CN1CCCC[C@@H]1CCNC(=O)N(C)Cc1n[nH]c2c1CCCC2. The number of hydrogen-bond acceptors (Lipinski definition) is 3. The van der Waals surface area contributed by atoms with Crippen LogP contribution in [0, 0.1) is 5.92 Å². The molecule has 0 saturated carbocycles. The zero-order valence-corrected chi connectivity index (χ0v) is 17.4. The summed E-state index contributed by atoms with van der Waals surface area (Å²) in [5.74, 6) is 0.700. The van der Waals surface area contributed by atoms with Gasteiger partial charge in [-0.05, 0) is 63.0 Å². The minimum absolute atomic E-state index is 0.00813. The third-order valence-corrected chi connectivity index (χ3v) is 5.98. The second-order valence-corrected chi connectivity index (χ2v) is 8.75. The number of nitrogens with zero attached hydrogens (tertiary/aromatic N) is 3. The maximum Gasteiger partial charge on any atom is 0.317 e. The van der Waals surface area contributed by atoms with Crippen molar-refractivity contribution in [2.24, 2.45) is 5.92 Å². The molecule has 3 rings (SSSR count). The molecule has 1 aromatic heterocycles. The Bertz CT molecular complexity index is 612. The highest BCUT2D eigenvalue weighted by Gasteiger charge is 2.23. The van der Waals surface area contributed by atoms with Crippen LogP contribution in [0.4, 0.5) is 4.79 Å². The highest BCUT2D eigenvalue weighted by Crippen LogP contribution is 2.23. The lowest BCUT2D eigenvalue weighted by Crippen LogP contribution is -2.44. The van der Waals surface area contributed by atoms with Crippen molar-refractivity contribution < 1.29 is 4.79 Å². The van der Waals surface area contributed by atoms with Gasteiger partial charge in [0.05, 0.1) is 12.2 Å². The van der Waals surface area contributed by atoms with E-state index in [1.807, 2.05) is 7.05 Å². The van der Waals surface area contributed by atoms with Crippen LogP contribution in [0.25, 0.3) is 0 Å². The van der Waals surface area contributed by atoms with Crippen LogP contribution in [-0.2, 0) is 19.4 Å². The van der Waals surface area contributed by atoms with E-state index in [4.69, 9.17) is 0 Å². The number of piperidine rings is 1. The van der Waals surface area contributed by atoms with Crippen molar-refractivity contribution >= 4 is 6.03 Å². The lowest BCUT2D eigenvalue weighted by Gasteiger charge is -2.37. The maximum atomic E-state index is 12.5. The van der Waals surface area contributed by atoms with Gasteiger partial charge in [0.25, 0.3) is 0 Å². The van der Waals surface area contributed by atoms with Gasteiger partial charge in [-0.25, -0.2) is 4.79 Å². The van der Waals surface area contributed by atoms with Gasteiger partial charge >= 0.3 is 6.03 Å². The number of likely N-dealkylation sites (tertiary alicyclic amines) is 1. The summed E-state index contributed by atoms with van der Waals surface area (Å²) in [6.07, 6.45) is 9.58.